The number of imidazole rings is 1. The van der Waals surface area contributed by atoms with Gasteiger partial charge in [-0.3, -0.25) is 14.6 Å². The highest BCUT2D eigenvalue weighted by Gasteiger charge is 2.58. The van der Waals surface area contributed by atoms with Gasteiger partial charge in [-0.2, -0.15) is 0 Å². The van der Waals surface area contributed by atoms with Crippen LogP contribution in [0.4, 0.5) is 0 Å². The van der Waals surface area contributed by atoms with Gasteiger partial charge in [0.25, 0.3) is 5.91 Å². The lowest BCUT2D eigenvalue weighted by atomic mass is 9.75. The molecule has 0 aliphatic carbocycles. The highest BCUT2D eigenvalue weighted by molar-refractivity contribution is 5.94. The lowest BCUT2D eigenvalue weighted by Crippen LogP contribution is -2.40. The van der Waals surface area contributed by atoms with Crippen molar-refractivity contribution in [2.45, 2.75) is 45.7 Å². The first-order valence-electron chi connectivity index (χ1n) is 11.3. The molecule has 3 aromatic rings. The molecule has 2 fully saturated rings. The van der Waals surface area contributed by atoms with Crippen molar-refractivity contribution in [1.82, 2.24) is 29.5 Å². The fraction of sp³-hybridized carbons (Fsp3) is 0.458. The summed E-state index contributed by atoms with van der Waals surface area (Å²) in [6, 6.07) is 5.76. The van der Waals surface area contributed by atoms with E-state index in [9.17, 15) is 9.59 Å². The van der Waals surface area contributed by atoms with E-state index in [1.54, 1.807) is 30.3 Å². The number of amides is 2. The van der Waals surface area contributed by atoms with Gasteiger partial charge < -0.3 is 18.9 Å². The molecule has 0 N–H and O–H groups in total. The topological polar surface area (TPSA) is 97.4 Å². The number of pyridine rings is 1. The highest BCUT2D eigenvalue weighted by atomic mass is 16.5. The van der Waals surface area contributed by atoms with Gasteiger partial charge in [0, 0.05) is 62.8 Å². The molecule has 5 heterocycles. The van der Waals surface area contributed by atoms with Crippen LogP contribution in [-0.2, 0) is 11.3 Å². The number of aromatic nitrogens is 4. The van der Waals surface area contributed by atoms with Gasteiger partial charge in [-0.15, -0.1) is 0 Å². The van der Waals surface area contributed by atoms with Crippen LogP contribution in [0.25, 0.3) is 0 Å². The average Bonchev–Trinajstić information content (AvgIpc) is 3.58. The van der Waals surface area contributed by atoms with E-state index in [0.717, 1.165) is 11.3 Å². The maximum absolute atomic E-state index is 13.9. The van der Waals surface area contributed by atoms with Gasteiger partial charge in [-0.1, -0.05) is 5.16 Å². The van der Waals surface area contributed by atoms with Crippen LogP contribution >= 0.6 is 0 Å². The SMILES string of the molecule is Cc1cc(C(=O)N2C[C@H](c3cn(C(C)C)cn3)[C@]3(CCN(Cc4ccncc4)C3=O)C2)no1. The normalized spacial score (nSPS) is 22.8. The highest BCUT2D eigenvalue weighted by Crippen LogP contribution is 2.50. The summed E-state index contributed by atoms with van der Waals surface area (Å²) in [4.78, 5) is 39.5. The number of aryl methyl sites for hydroxylation is 1. The number of hydrogen-bond acceptors (Lipinski definition) is 6. The van der Waals surface area contributed by atoms with E-state index in [-0.39, 0.29) is 29.5 Å². The lowest BCUT2D eigenvalue weighted by Gasteiger charge is -2.27. The van der Waals surface area contributed by atoms with Crippen molar-refractivity contribution < 1.29 is 14.1 Å². The molecule has 33 heavy (non-hydrogen) atoms. The van der Waals surface area contributed by atoms with Crippen molar-refractivity contribution in [2.24, 2.45) is 5.41 Å². The summed E-state index contributed by atoms with van der Waals surface area (Å²) in [5.74, 6) is 0.275. The van der Waals surface area contributed by atoms with Crippen molar-refractivity contribution in [3.05, 3.63) is 65.8 Å². The molecular formula is C24H28N6O3. The second kappa shape index (κ2) is 8.13. The van der Waals surface area contributed by atoms with Crippen LogP contribution in [0, 0.1) is 12.3 Å². The molecule has 0 aromatic carbocycles. The fourth-order valence-corrected chi connectivity index (χ4v) is 5.07. The van der Waals surface area contributed by atoms with Crippen LogP contribution in [0.1, 0.15) is 59.7 Å². The first-order valence-corrected chi connectivity index (χ1v) is 11.3. The first-order chi connectivity index (χ1) is 15.9. The summed E-state index contributed by atoms with van der Waals surface area (Å²) in [5, 5.41) is 3.90. The fourth-order valence-electron chi connectivity index (χ4n) is 5.07. The van der Waals surface area contributed by atoms with Gasteiger partial charge in [0.2, 0.25) is 5.91 Å². The number of nitrogens with zero attached hydrogens (tertiary/aromatic N) is 6. The van der Waals surface area contributed by atoms with Crippen molar-refractivity contribution in [2.75, 3.05) is 19.6 Å². The zero-order valence-corrected chi connectivity index (χ0v) is 19.1. The number of carbonyl (C=O) groups excluding carboxylic acids is 2. The standard InChI is InChI=1S/C24H28N6O3/c1-16(2)30-13-21(26-15-30)19-12-29(22(31)20-10-17(3)33-27-20)14-24(19)6-9-28(23(24)32)11-18-4-7-25-8-5-18/h4-5,7-8,10,13,15-16,19H,6,9,11-12,14H2,1-3H3/t19-,24+/m1/s1. The van der Waals surface area contributed by atoms with Gasteiger partial charge in [-0.25, -0.2) is 4.98 Å². The molecule has 9 nitrogen and oxygen atoms in total. The summed E-state index contributed by atoms with van der Waals surface area (Å²) < 4.78 is 7.16. The van der Waals surface area contributed by atoms with Crippen LogP contribution in [-0.4, -0.2) is 60.9 Å². The predicted octanol–water partition coefficient (Wildman–Crippen LogP) is 2.81. The summed E-state index contributed by atoms with van der Waals surface area (Å²) in [5.41, 5.74) is 1.47. The van der Waals surface area contributed by atoms with E-state index in [0.29, 0.717) is 38.4 Å². The monoisotopic (exact) mass is 448 g/mol. The Morgan fingerprint density at radius 2 is 2.09 bits per heavy atom. The number of likely N-dealkylation sites (tertiary alicyclic amines) is 2. The van der Waals surface area contributed by atoms with Crippen LogP contribution in [0.3, 0.4) is 0 Å². The third-order valence-electron chi connectivity index (χ3n) is 6.92. The molecule has 9 heteroatoms. The van der Waals surface area contributed by atoms with Gasteiger partial charge in [0.1, 0.15) is 5.76 Å². The van der Waals surface area contributed by atoms with Crippen molar-refractivity contribution >= 4 is 11.8 Å². The molecule has 2 amide bonds. The van der Waals surface area contributed by atoms with Crippen molar-refractivity contribution in [3.63, 3.8) is 0 Å². The molecule has 0 bridgehead atoms. The van der Waals surface area contributed by atoms with E-state index in [2.05, 4.69) is 29.0 Å². The molecule has 0 radical (unpaired) electrons. The molecule has 2 aliphatic rings. The molecule has 172 valence electrons. The summed E-state index contributed by atoms with van der Waals surface area (Å²) >= 11 is 0. The molecule has 2 atom stereocenters. The molecule has 1 spiro atoms. The second-order valence-electron chi connectivity index (χ2n) is 9.39. The molecule has 2 aliphatic heterocycles. The zero-order chi connectivity index (χ0) is 23.2. The zero-order valence-electron chi connectivity index (χ0n) is 19.1. The van der Waals surface area contributed by atoms with Crippen molar-refractivity contribution in [1.29, 1.82) is 0 Å². The Bertz CT molecular complexity index is 1170. The molecule has 0 saturated carbocycles. The van der Waals surface area contributed by atoms with Gasteiger partial charge in [-0.05, 0) is 44.9 Å². The van der Waals surface area contributed by atoms with E-state index >= 15 is 0 Å². The van der Waals surface area contributed by atoms with Gasteiger partial charge >= 0.3 is 0 Å². The van der Waals surface area contributed by atoms with E-state index in [1.165, 1.54) is 0 Å². The predicted molar refractivity (Wildman–Crippen MR) is 119 cm³/mol. The Morgan fingerprint density at radius 1 is 1.30 bits per heavy atom. The molecule has 0 unspecified atom stereocenters. The quantitative estimate of drug-likeness (QED) is 0.595. The first kappa shape index (κ1) is 21.4. The van der Waals surface area contributed by atoms with Gasteiger partial charge in [0.15, 0.2) is 5.69 Å². The average molecular weight is 449 g/mol. The summed E-state index contributed by atoms with van der Waals surface area (Å²) in [6.45, 7) is 7.90. The third-order valence-corrected chi connectivity index (χ3v) is 6.92. The molecular weight excluding hydrogens is 420 g/mol. The van der Waals surface area contributed by atoms with E-state index in [1.807, 2.05) is 34.1 Å². The minimum atomic E-state index is -0.697. The van der Waals surface area contributed by atoms with Crippen LogP contribution in [0.15, 0.2) is 47.6 Å². The lowest BCUT2D eigenvalue weighted by molar-refractivity contribution is -0.136. The van der Waals surface area contributed by atoms with Crippen LogP contribution < -0.4 is 0 Å². The molecule has 5 rings (SSSR count). The number of hydrogen-bond donors (Lipinski definition) is 0. The smallest absolute Gasteiger partial charge is 0.276 e. The van der Waals surface area contributed by atoms with E-state index in [4.69, 9.17) is 4.52 Å². The van der Waals surface area contributed by atoms with Gasteiger partial charge in [0.05, 0.1) is 17.4 Å². The Morgan fingerprint density at radius 3 is 2.76 bits per heavy atom. The third kappa shape index (κ3) is 3.71. The number of carbonyl (C=O) groups is 2. The second-order valence-corrected chi connectivity index (χ2v) is 9.39. The Hall–Kier alpha value is -3.49. The molecule has 3 aromatic heterocycles. The summed E-state index contributed by atoms with van der Waals surface area (Å²) in [7, 11) is 0. The maximum atomic E-state index is 13.9. The Kier molecular flexibility index (Phi) is 5.26. The maximum Gasteiger partial charge on any atom is 0.276 e. The Labute approximate surface area is 192 Å². The minimum Gasteiger partial charge on any atom is -0.361 e. The minimum absolute atomic E-state index is 0.0787. The summed E-state index contributed by atoms with van der Waals surface area (Å²) in [6.07, 6.45) is 7.99. The van der Waals surface area contributed by atoms with E-state index < -0.39 is 5.41 Å². The number of rotatable bonds is 5. The largest absolute Gasteiger partial charge is 0.361 e. The van der Waals surface area contributed by atoms with Crippen LogP contribution in [0.5, 0.6) is 0 Å². The van der Waals surface area contributed by atoms with Crippen molar-refractivity contribution in [3.8, 4) is 0 Å². The van der Waals surface area contributed by atoms with Crippen LogP contribution in [0.2, 0.25) is 0 Å². The Balaban J connectivity index is 1.47. The molecule has 2 saturated heterocycles.